The van der Waals surface area contributed by atoms with Crippen molar-refractivity contribution in [2.24, 2.45) is 5.92 Å². The summed E-state index contributed by atoms with van der Waals surface area (Å²) in [4.78, 5) is 25.1. The minimum Gasteiger partial charge on any atom is -0.497 e. The number of allylic oxidation sites excluding steroid dienone is 1. The minimum atomic E-state index is -0.852. The van der Waals surface area contributed by atoms with Crippen LogP contribution in [0.3, 0.4) is 0 Å². The van der Waals surface area contributed by atoms with E-state index in [2.05, 4.69) is 0 Å². The van der Waals surface area contributed by atoms with Gasteiger partial charge in [-0.25, -0.2) is 0 Å². The van der Waals surface area contributed by atoms with Crippen molar-refractivity contribution in [3.63, 3.8) is 0 Å². The monoisotopic (exact) mass is 272 g/mol. The third-order valence-corrected chi connectivity index (χ3v) is 4.24. The first-order chi connectivity index (χ1) is 9.54. The van der Waals surface area contributed by atoms with E-state index < -0.39 is 6.10 Å². The van der Waals surface area contributed by atoms with Crippen LogP contribution in [0.2, 0.25) is 0 Å². The van der Waals surface area contributed by atoms with Crippen molar-refractivity contribution in [2.75, 3.05) is 7.11 Å². The van der Waals surface area contributed by atoms with Crippen LogP contribution >= 0.6 is 0 Å². The molecule has 0 saturated heterocycles. The van der Waals surface area contributed by atoms with Crippen LogP contribution in [0, 0.1) is 5.92 Å². The van der Waals surface area contributed by atoms with Crippen molar-refractivity contribution in [3.05, 3.63) is 40.5 Å². The first-order valence-electron chi connectivity index (χ1n) is 6.73. The number of hydrogen-bond donors (Lipinski definition) is 1. The maximum atomic E-state index is 12.6. The van der Waals surface area contributed by atoms with Gasteiger partial charge in [-0.05, 0) is 37.0 Å². The summed E-state index contributed by atoms with van der Waals surface area (Å²) in [5.74, 6) is 0.153. The highest BCUT2D eigenvalue weighted by molar-refractivity contribution is 6.27. The van der Waals surface area contributed by atoms with Crippen molar-refractivity contribution in [2.45, 2.75) is 25.9 Å². The lowest BCUT2D eigenvalue weighted by Gasteiger charge is -2.32. The Morgan fingerprint density at radius 3 is 2.65 bits per heavy atom. The van der Waals surface area contributed by atoms with Gasteiger partial charge in [0.15, 0.2) is 11.6 Å². The largest absolute Gasteiger partial charge is 0.497 e. The standard InChI is InChI=1S/C16H16O4/c1-8-3-5-11-13(14(8)17)16(19)12-7-9(20-2)4-6-10(12)15(11)18/h4,6-8,14,17H,3,5H2,1-2H3. The first-order valence-corrected chi connectivity index (χ1v) is 6.73. The van der Waals surface area contributed by atoms with Crippen LogP contribution in [0.1, 0.15) is 40.5 Å². The molecule has 104 valence electrons. The molecule has 1 aromatic rings. The van der Waals surface area contributed by atoms with Gasteiger partial charge in [0.1, 0.15) is 5.75 Å². The van der Waals surface area contributed by atoms with E-state index in [1.165, 1.54) is 7.11 Å². The van der Waals surface area contributed by atoms with Crippen LogP contribution in [0.5, 0.6) is 5.75 Å². The molecule has 0 aromatic heterocycles. The zero-order chi connectivity index (χ0) is 14.4. The van der Waals surface area contributed by atoms with Gasteiger partial charge in [0.25, 0.3) is 0 Å². The van der Waals surface area contributed by atoms with E-state index in [-0.39, 0.29) is 23.1 Å². The van der Waals surface area contributed by atoms with Gasteiger partial charge in [0.2, 0.25) is 0 Å². The van der Waals surface area contributed by atoms with Crippen molar-refractivity contribution < 1.29 is 19.4 Å². The molecule has 4 heteroatoms. The molecule has 0 fully saturated rings. The zero-order valence-corrected chi connectivity index (χ0v) is 11.5. The molecule has 0 bridgehead atoms. The van der Waals surface area contributed by atoms with Crippen LogP contribution in [-0.4, -0.2) is 29.9 Å². The van der Waals surface area contributed by atoms with E-state index >= 15 is 0 Å². The molecule has 4 nitrogen and oxygen atoms in total. The highest BCUT2D eigenvalue weighted by Gasteiger charge is 2.39. The maximum absolute atomic E-state index is 12.6. The summed E-state index contributed by atoms with van der Waals surface area (Å²) in [6.07, 6.45) is 0.434. The van der Waals surface area contributed by atoms with E-state index in [1.807, 2.05) is 6.92 Å². The highest BCUT2D eigenvalue weighted by Crippen LogP contribution is 2.38. The summed E-state index contributed by atoms with van der Waals surface area (Å²) < 4.78 is 5.11. The predicted octanol–water partition coefficient (Wildman–Crippen LogP) is 2.16. The number of hydrogen-bond acceptors (Lipinski definition) is 4. The van der Waals surface area contributed by atoms with Gasteiger partial charge in [0.05, 0.1) is 13.2 Å². The summed E-state index contributed by atoms with van der Waals surface area (Å²) in [7, 11) is 1.51. The average molecular weight is 272 g/mol. The van der Waals surface area contributed by atoms with E-state index in [0.29, 0.717) is 28.9 Å². The Morgan fingerprint density at radius 1 is 1.20 bits per heavy atom. The Labute approximate surface area is 117 Å². The number of carbonyl (C=O) groups is 2. The number of rotatable bonds is 1. The van der Waals surface area contributed by atoms with E-state index in [9.17, 15) is 14.7 Å². The molecule has 0 radical (unpaired) electrons. The Balaban J connectivity index is 2.17. The van der Waals surface area contributed by atoms with Crippen LogP contribution in [0.15, 0.2) is 29.3 Å². The molecule has 2 aliphatic carbocycles. The van der Waals surface area contributed by atoms with Gasteiger partial charge in [-0.3, -0.25) is 9.59 Å². The predicted molar refractivity (Wildman–Crippen MR) is 73.1 cm³/mol. The molecule has 0 aliphatic heterocycles. The molecular weight excluding hydrogens is 256 g/mol. The Bertz CT molecular complexity index is 642. The minimum absolute atomic E-state index is 0.00217. The SMILES string of the molecule is COc1ccc2c(c1)C(=O)C1=C(CCC(C)C1O)C2=O. The lowest BCUT2D eigenvalue weighted by Crippen LogP contribution is -2.35. The zero-order valence-electron chi connectivity index (χ0n) is 11.5. The van der Waals surface area contributed by atoms with Crippen molar-refractivity contribution in [1.82, 2.24) is 0 Å². The third kappa shape index (κ3) is 1.72. The molecule has 0 amide bonds. The maximum Gasteiger partial charge on any atom is 0.192 e. The Hall–Kier alpha value is -1.94. The van der Waals surface area contributed by atoms with E-state index in [0.717, 1.165) is 6.42 Å². The van der Waals surface area contributed by atoms with Gasteiger partial charge in [0, 0.05) is 22.3 Å². The third-order valence-electron chi connectivity index (χ3n) is 4.24. The molecule has 2 atom stereocenters. The molecule has 0 saturated carbocycles. The number of aliphatic hydroxyl groups excluding tert-OH is 1. The molecule has 1 aromatic carbocycles. The van der Waals surface area contributed by atoms with Crippen LogP contribution < -0.4 is 4.74 Å². The van der Waals surface area contributed by atoms with Crippen molar-refractivity contribution >= 4 is 11.6 Å². The highest BCUT2D eigenvalue weighted by atomic mass is 16.5. The van der Waals surface area contributed by atoms with Gasteiger partial charge in [-0.1, -0.05) is 6.92 Å². The summed E-state index contributed by atoms with van der Waals surface area (Å²) in [5.41, 5.74) is 1.52. The number of carbonyl (C=O) groups excluding carboxylic acids is 2. The molecule has 2 unspecified atom stereocenters. The molecule has 1 N–H and O–H groups in total. The fourth-order valence-electron chi connectivity index (χ4n) is 2.98. The molecular formula is C16H16O4. The quantitative estimate of drug-likeness (QED) is 0.851. The molecule has 20 heavy (non-hydrogen) atoms. The van der Waals surface area contributed by atoms with E-state index in [4.69, 9.17) is 4.74 Å². The molecule has 2 aliphatic rings. The topological polar surface area (TPSA) is 63.6 Å². The van der Waals surface area contributed by atoms with Gasteiger partial charge >= 0.3 is 0 Å². The summed E-state index contributed by atoms with van der Waals surface area (Å²) >= 11 is 0. The van der Waals surface area contributed by atoms with Crippen LogP contribution in [-0.2, 0) is 0 Å². The fraction of sp³-hybridized carbons (Fsp3) is 0.375. The van der Waals surface area contributed by atoms with Gasteiger partial charge < -0.3 is 9.84 Å². The lowest BCUT2D eigenvalue weighted by atomic mass is 9.73. The van der Waals surface area contributed by atoms with Crippen LogP contribution in [0.4, 0.5) is 0 Å². The van der Waals surface area contributed by atoms with Gasteiger partial charge in [-0.15, -0.1) is 0 Å². The van der Waals surface area contributed by atoms with Crippen molar-refractivity contribution in [3.8, 4) is 5.75 Å². The van der Waals surface area contributed by atoms with Crippen molar-refractivity contribution in [1.29, 1.82) is 0 Å². The number of methoxy groups -OCH3 is 1. The second-order valence-corrected chi connectivity index (χ2v) is 5.42. The van der Waals surface area contributed by atoms with Crippen LogP contribution in [0.25, 0.3) is 0 Å². The second-order valence-electron chi connectivity index (χ2n) is 5.42. The number of ketones is 2. The average Bonchev–Trinajstić information content (AvgIpc) is 2.47. The van der Waals surface area contributed by atoms with E-state index in [1.54, 1.807) is 18.2 Å². The lowest BCUT2D eigenvalue weighted by molar-refractivity contribution is 0.0854. The number of Topliss-reactive ketones (excluding diaryl/α,β-unsaturated/α-hetero) is 2. The normalized spacial score (nSPS) is 25.4. The fourth-order valence-corrected chi connectivity index (χ4v) is 2.98. The molecule has 3 rings (SSSR count). The number of benzene rings is 1. The molecule has 0 spiro atoms. The second kappa shape index (κ2) is 4.56. The number of ether oxygens (including phenoxy) is 1. The Morgan fingerprint density at radius 2 is 1.95 bits per heavy atom. The van der Waals surface area contributed by atoms with Gasteiger partial charge in [-0.2, -0.15) is 0 Å². The smallest absolute Gasteiger partial charge is 0.192 e. The molecule has 0 heterocycles. The number of fused-ring (bicyclic) bond motifs is 1. The number of aliphatic hydroxyl groups is 1. The summed E-state index contributed by atoms with van der Waals surface area (Å²) in [5, 5.41) is 10.3. The first kappa shape index (κ1) is 13.1. The Kier molecular flexibility index (Phi) is 2.98. The summed E-state index contributed by atoms with van der Waals surface area (Å²) in [6.45, 7) is 1.90. The summed E-state index contributed by atoms with van der Waals surface area (Å²) in [6, 6.07) is 4.88.